The van der Waals surface area contributed by atoms with E-state index in [1.165, 1.54) is 28.6 Å². The minimum Gasteiger partial charge on any atom is -0.492 e. The van der Waals surface area contributed by atoms with Crippen LogP contribution in [0.15, 0.2) is 29.4 Å². The Bertz CT molecular complexity index is 1330. The Hall–Kier alpha value is -2.65. The summed E-state index contributed by atoms with van der Waals surface area (Å²) in [6, 6.07) is 7.47. The zero-order chi connectivity index (χ0) is 22.9. The Morgan fingerprint density at radius 3 is 2.97 bits per heavy atom. The number of thiophene rings is 1. The third kappa shape index (κ3) is 4.19. The maximum Gasteiger partial charge on any atom is 0.234 e. The molecule has 0 unspecified atom stereocenters. The number of ether oxygens (including phenoxy) is 1. The normalized spacial score (nSPS) is 15.7. The van der Waals surface area contributed by atoms with Gasteiger partial charge in [0.2, 0.25) is 5.91 Å². The molecule has 0 aliphatic heterocycles. The van der Waals surface area contributed by atoms with E-state index >= 15 is 0 Å². The van der Waals surface area contributed by atoms with Gasteiger partial charge < -0.3 is 10.1 Å². The highest BCUT2D eigenvalue weighted by atomic mass is 32.2. The summed E-state index contributed by atoms with van der Waals surface area (Å²) >= 11 is 3.19. The number of aryl methyl sites for hydroxylation is 2. The minimum atomic E-state index is -0.113. The molecule has 33 heavy (non-hydrogen) atoms. The molecule has 172 valence electrons. The van der Waals surface area contributed by atoms with Gasteiger partial charge >= 0.3 is 0 Å². The lowest BCUT2D eigenvalue weighted by molar-refractivity contribution is -0.113. The van der Waals surface area contributed by atoms with Crippen molar-refractivity contribution < 1.29 is 9.53 Å². The van der Waals surface area contributed by atoms with Crippen molar-refractivity contribution in [3.05, 3.63) is 40.5 Å². The highest BCUT2D eigenvalue weighted by Crippen LogP contribution is 2.39. The molecule has 7 nitrogen and oxygen atoms in total. The van der Waals surface area contributed by atoms with Crippen LogP contribution in [0.4, 0.5) is 5.69 Å². The van der Waals surface area contributed by atoms with Crippen molar-refractivity contribution in [3.8, 4) is 5.75 Å². The Balaban J connectivity index is 1.42. The fraction of sp³-hybridized carbons (Fsp3) is 0.417. The number of hydrogen-bond donors (Lipinski definition) is 1. The lowest BCUT2D eigenvalue weighted by Gasteiger charge is -2.17. The molecule has 9 heteroatoms. The molecule has 0 spiro atoms. The molecule has 5 rings (SSSR count). The fourth-order valence-electron chi connectivity index (χ4n) is 4.38. The van der Waals surface area contributed by atoms with Crippen LogP contribution in [0.1, 0.15) is 43.5 Å². The summed E-state index contributed by atoms with van der Waals surface area (Å²) < 4.78 is 7.65. The van der Waals surface area contributed by atoms with E-state index in [0.29, 0.717) is 29.1 Å². The first-order chi connectivity index (χ1) is 16.1. The van der Waals surface area contributed by atoms with E-state index in [1.54, 1.807) is 11.3 Å². The molecular formula is C24H27N5O2S2. The maximum atomic E-state index is 12.7. The van der Waals surface area contributed by atoms with Crippen molar-refractivity contribution in [2.45, 2.75) is 51.6 Å². The summed E-state index contributed by atoms with van der Waals surface area (Å²) in [5, 5.41) is 13.8. The number of fused-ring (bicyclic) bond motifs is 5. The molecule has 0 bridgehead atoms. The van der Waals surface area contributed by atoms with Crippen LogP contribution in [-0.4, -0.2) is 37.8 Å². The number of anilines is 1. The zero-order valence-electron chi connectivity index (χ0n) is 19.1. The molecule has 1 N–H and O–H groups in total. The summed E-state index contributed by atoms with van der Waals surface area (Å²) in [6.07, 6.45) is 4.14. The van der Waals surface area contributed by atoms with E-state index in [-0.39, 0.29) is 11.7 Å². The molecule has 0 fully saturated rings. The van der Waals surface area contributed by atoms with E-state index in [9.17, 15) is 4.79 Å². The second-order valence-corrected chi connectivity index (χ2v) is 10.3. The van der Waals surface area contributed by atoms with Gasteiger partial charge in [0.15, 0.2) is 10.8 Å². The molecule has 0 saturated carbocycles. The Labute approximate surface area is 201 Å². The average molecular weight is 482 g/mol. The largest absolute Gasteiger partial charge is 0.492 e. The van der Waals surface area contributed by atoms with Crippen LogP contribution in [0.25, 0.3) is 15.9 Å². The SMILES string of the molecule is CCOc1ccccc1NC(=O)CSc1nnc2c3c4c(sc3nc(CC)n12)C[C@@H](C)CC4. The van der Waals surface area contributed by atoms with Crippen molar-refractivity contribution in [1.82, 2.24) is 19.6 Å². The van der Waals surface area contributed by atoms with Crippen LogP contribution >= 0.6 is 23.1 Å². The number of carbonyl (C=O) groups excluding carboxylic acids is 1. The lowest BCUT2D eigenvalue weighted by atomic mass is 9.89. The van der Waals surface area contributed by atoms with Gasteiger partial charge in [-0.15, -0.1) is 21.5 Å². The first-order valence-corrected chi connectivity index (χ1v) is 13.2. The van der Waals surface area contributed by atoms with Gasteiger partial charge in [-0.2, -0.15) is 0 Å². The predicted molar refractivity (Wildman–Crippen MR) is 134 cm³/mol. The lowest BCUT2D eigenvalue weighted by Crippen LogP contribution is -2.15. The molecule has 4 aromatic rings. The van der Waals surface area contributed by atoms with Crippen molar-refractivity contribution in [2.24, 2.45) is 5.92 Å². The topological polar surface area (TPSA) is 81.4 Å². The summed E-state index contributed by atoms with van der Waals surface area (Å²) in [6.45, 7) is 6.87. The Morgan fingerprint density at radius 1 is 1.30 bits per heavy atom. The third-order valence-electron chi connectivity index (χ3n) is 5.95. The van der Waals surface area contributed by atoms with E-state index in [2.05, 4.69) is 29.4 Å². The number of nitrogens with zero attached hydrogens (tertiary/aromatic N) is 4. The van der Waals surface area contributed by atoms with Gasteiger partial charge in [-0.25, -0.2) is 4.98 Å². The van der Waals surface area contributed by atoms with Gasteiger partial charge in [0.25, 0.3) is 0 Å². The van der Waals surface area contributed by atoms with Crippen LogP contribution in [0.5, 0.6) is 5.75 Å². The number of aromatic nitrogens is 4. The van der Waals surface area contributed by atoms with Gasteiger partial charge in [-0.05, 0) is 49.8 Å². The minimum absolute atomic E-state index is 0.113. The Kier molecular flexibility index (Phi) is 6.25. The summed E-state index contributed by atoms with van der Waals surface area (Å²) in [5.41, 5.74) is 2.93. The second kappa shape index (κ2) is 9.30. The van der Waals surface area contributed by atoms with Gasteiger partial charge in [-0.3, -0.25) is 9.20 Å². The highest BCUT2D eigenvalue weighted by molar-refractivity contribution is 7.99. The number of benzene rings is 1. The number of amides is 1. The van der Waals surface area contributed by atoms with Crippen LogP contribution in [0, 0.1) is 5.92 Å². The monoisotopic (exact) mass is 481 g/mol. The zero-order valence-corrected chi connectivity index (χ0v) is 20.7. The summed E-state index contributed by atoms with van der Waals surface area (Å²) in [5.74, 6) is 2.42. The quantitative estimate of drug-likeness (QED) is 0.368. The molecule has 1 aliphatic rings. The maximum absolute atomic E-state index is 12.7. The number of para-hydroxylation sites is 2. The molecule has 3 heterocycles. The van der Waals surface area contributed by atoms with Gasteiger partial charge in [0.1, 0.15) is 16.4 Å². The first-order valence-electron chi connectivity index (χ1n) is 11.4. The number of carbonyl (C=O) groups is 1. The van der Waals surface area contributed by atoms with E-state index in [0.717, 1.165) is 41.0 Å². The van der Waals surface area contributed by atoms with Gasteiger partial charge in [0, 0.05) is 11.3 Å². The van der Waals surface area contributed by atoms with E-state index in [1.807, 2.05) is 35.6 Å². The number of nitrogens with one attached hydrogen (secondary N) is 1. The summed E-state index contributed by atoms with van der Waals surface area (Å²) in [4.78, 5) is 20.2. The molecule has 0 radical (unpaired) electrons. The third-order valence-corrected chi connectivity index (χ3v) is 8.03. The molecule has 1 aliphatic carbocycles. The molecule has 0 saturated heterocycles. The first kappa shape index (κ1) is 22.2. The second-order valence-electron chi connectivity index (χ2n) is 8.32. The van der Waals surface area contributed by atoms with Crippen LogP contribution in [0.2, 0.25) is 0 Å². The summed E-state index contributed by atoms with van der Waals surface area (Å²) in [7, 11) is 0. The van der Waals surface area contributed by atoms with E-state index < -0.39 is 0 Å². The van der Waals surface area contributed by atoms with Crippen molar-refractivity contribution >= 4 is 50.6 Å². The van der Waals surface area contributed by atoms with Gasteiger partial charge in [0.05, 0.1) is 23.4 Å². The molecule has 1 atom stereocenters. The van der Waals surface area contributed by atoms with E-state index in [4.69, 9.17) is 9.72 Å². The molecule has 1 amide bonds. The number of hydrogen-bond acceptors (Lipinski definition) is 7. The van der Waals surface area contributed by atoms with Crippen molar-refractivity contribution in [3.63, 3.8) is 0 Å². The highest BCUT2D eigenvalue weighted by Gasteiger charge is 2.25. The van der Waals surface area contributed by atoms with Crippen molar-refractivity contribution in [1.29, 1.82) is 0 Å². The number of thioether (sulfide) groups is 1. The Morgan fingerprint density at radius 2 is 2.15 bits per heavy atom. The van der Waals surface area contributed by atoms with Crippen LogP contribution in [-0.2, 0) is 24.1 Å². The average Bonchev–Trinajstić information content (AvgIpc) is 3.39. The fourth-order valence-corrected chi connectivity index (χ4v) is 6.52. The molecule has 3 aromatic heterocycles. The molecular weight excluding hydrogens is 454 g/mol. The van der Waals surface area contributed by atoms with Crippen molar-refractivity contribution in [2.75, 3.05) is 17.7 Å². The standard InChI is InChI=1S/C24H27N5O2S2/c1-4-19-26-23-21(15-11-10-14(3)12-18(15)33-23)22-27-28-24(29(19)22)32-13-20(30)25-16-8-6-7-9-17(16)31-5-2/h6-9,14H,4-5,10-13H2,1-3H3,(H,25,30)/t14-/m0/s1. The predicted octanol–water partition coefficient (Wildman–Crippen LogP) is 5.16. The molecule has 1 aromatic carbocycles. The van der Waals surface area contributed by atoms with Crippen LogP contribution < -0.4 is 10.1 Å². The number of rotatable bonds is 7. The van der Waals surface area contributed by atoms with Crippen LogP contribution in [0.3, 0.4) is 0 Å². The smallest absolute Gasteiger partial charge is 0.234 e. The van der Waals surface area contributed by atoms with Gasteiger partial charge in [-0.1, -0.05) is 37.7 Å².